The predicted molar refractivity (Wildman–Crippen MR) is 82.3 cm³/mol. The molecule has 21 heavy (non-hydrogen) atoms. The number of anilines is 1. The van der Waals surface area contributed by atoms with E-state index in [4.69, 9.17) is 11.6 Å². The lowest BCUT2D eigenvalue weighted by Crippen LogP contribution is -2.39. The normalized spacial score (nSPS) is 15.5. The first-order valence-electron chi connectivity index (χ1n) is 6.51. The van der Waals surface area contributed by atoms with Gasteiger partial charge >= 0.3 is 10.2 Å². The fourth-order valence-electron chi connectivity index (χ4n) is 2.33. The van der Waals surface area contributed by atoms with Crippen LogP contribution in [0.5, 0.6) is 0 Å². The summed E-state index contributed by atoms with van der Waals surface area (Å²) in [4.78, 5) is 3.96. The van der Waals surface area contributed by atoms with Crippen LogP contribution in [0.1, 0.15) is 11.1 Å². The molecule has 0 radical (unpaired) electrons. The Kier molecular flexibility index (Phi) is 3.84. The molecule has 1 aromatic carbocycles. The maximum absolute atomic E-state index is 12.4. The van der Waals surface area contributed by atoms with Crippen LogP contribution < -0.4 is 4.72 Å². The highest BCUT2D eigenvalue weighted by molar-refractivity contribution is 7.90. The molecule has 2 heterocycles. The van der Waals surface area contributed by atoms with Gasteiger partial charge in [-0.25, -0.2) is 4.98 Å². The maximum Gasteiger partial charge on any atom is 0.303 e. The molecular formula is C14H14ClN3O2S. The summed E-state index contributed by atoms with van der Waals surface area (Å²) in [6, 6.07) is 10.9. The average Bonchev–Trinajstić information content (AvgIpc) is 2.46. The molecule has 7 heteroatoms. The molecule has 2 aromatic rings. The first-order valence-corrected chi connectivity index (χ1v) is 8.33. The van der Waals surface area contributed by atoms with Crippen LogP contribution in [0.15, 0.2) is 42.6 Å². The van der Waals surface area contributed by atoms with Crippen LogP contribution in [-0.2, 0) is 23.2 Å². The van der Waals surface area contributed by atoms with E-state index in [2.05, 4.69) is 9.71 Å². The fraction of sp³-hybridized carbons (Fsp3) is 0.214. The Morgan fingerprint density at radius 1 is 1.19 bits per heavy atom. The van der Waals surface area contributed by atoms with Crippen molar-refractivity contribution in [3.8, 4) is 0 Å². The number of hydrogen-bond donors (Lipinski definition) is 1. The molecule has 1 aliphatic rings. The van der Waals surface area contributed by atoms with Crippen molar-refractivity contribution in [3.05, 3.63) is 58.7 Å². The van der Waals surface area contributed by atoms with Gasteiger partial charge in [0.1, 0.15) is 5.82 Å². The van der Waals surface area contributed by atoms with Gasteiger partial charge in [-0.2, -0.15) is 12.7 Å². The fourth-order valence-corrected chi connectivity index (χ4v) is 3.64. The van der Waals surface area contributed by atoms with Crippen LogP contribution in [0.3, 0.4) is 0 Å². The zero-order valence-corrected chi connectivity index (χ0v) is 12.7. The Balaban J connectivity index is 1.80. The van der Waals surface area contributed by atoms with Crippen LogP contribution >= 0.6 is 11.6 Å². The molecule has 110 valence electrons. The summed E-state index contributed by atoms with van der Waals surface area (Å²) in [6.07, 6.45) is 2.17. The topological polar surface area (TPSA) is 62.3 Å². The third kappa shape index (κ3) is 3.18. The SMILES string of the molecule is O=S(=O)(Nc1cc(Cl)ccn1)N1CCc2ccccc2C1. The third-order valence-corrected chi connectivity index (χ3v) is 5.08. The largest absolute Gasteiger partial charge is 0.303 e. The molecule has 0 amide bonds. The van der Waals surface area contributed by atoms with Gasteiger partial charge in [-0.15, -0.1) is 0 Å². The maximum atomic E-state index is 12.4. The van der Waals surface area contributed by atoms with Crippen LogP contribution in [-0.4, -0.2) is 24.3 Å². The van der Waals surface area contributed by atoms with Gasteiger partial charge in [0.25, 0.3) is 0 Å². The van der Waals surface area contributed by atoms with Gasteiger partial charge in [-0.1, -0.05) is 35.9 Å². The molecule has 0 spiro atoms. The Labute approximate surface area is 128 Å². The molecule has 0 saturated heterocycles. The molecule has 0 saturated carbocycles. The van der Waals surface area contributed by atoms with E-state index in [0.29, 0.717) is 24.5 Å². The minimum Gasteiger partial charge on any atom is -0.254 e. The molecule has 0 fully saturated rings. The number of halogens is 1. The molecule has 0 unspecified atom stereocenters. The van der Waals surface area contributed by atoms with Crippen LogP contribution in [0.4, 0.5) is 5.82 Å². The van der Waals surface area contributed by atoms with E-state index in [-0.39, 0.29) is 5.82 Å². The third-order valence-electron chi connectivity index (χ3n) is 3.39. The van der Waals surface area contributed by atoms with E-state index in [9.17, 15) is 8.42 Å². The van der Waals surface area contributed by atoms with Gasteiger partial charge in [0, 0.05) is 30.4 Å². The Morgan fingerprint density at radius 3 is 2.71 bits per heavy atom. The van der Waals surface area contributed by atoms with Crippen molar-refractivity contribution >= 4 is 27.6 Å². The van der Waals surface area contributed by atoms with Crippen molar-refractivity contribution in [2.75, 3.05) is 11.3 Å². The summed E-state index contributed by atoms with van der Waals surface area (Å²) in [5.74, 6) is 0.223. The Morgan fingerprint density at radius 2 is 1.95 bits per heavy atom. The quantitative estimate of drug-likeness (QED) is 0.943. The lowest BCUT2D eigenvalue weighted by Gasteiger charge is -2.28. The number of pyridine rings is 1. The van der Waals surface area contributed by atoms with E-state index in [1.165, 1.54) is 22.1 Å². The second-order valence-electron chi connectivity index (χ2n) is 4.82. The molecule has 0 aliphatic carbocycles. The molecule has 0 atom stereocenters. The van der Waals surface area contributed by atoms with E-state index in [1.54, 1.807) is 6.07 Å². The lowest BCUT2D eigenvalue weighted by atomic mass is 10.0. The Hall–Kier alpha value is -1.63. The van der Waals surface area contributed by atoms with Gasteiger partial charge in [0.05, 0.1) is 0 Å². The average molecular weight is 324 g/mol. The molecule has 3 rings (SSSR count). The molecule has 1 aromatic heterocycles. The lowest BCUT2D eigenvalue weighted by molar-refractivity contribution is 0.394. The van der Waals surface area contributed by atoms with Crippen molar-refractivity contribution < 1.29 is 8.42 Å². The highest BCUT2D eigenvalue weighted by Crippen LogP contribution is 2.22. The summed E-state index contributed by atoms with van der Waals surface area (Å²) >= 11 is 5.84. The Bertz CT molecular complexity index is 764. The van der Waals surface area contributed by atoms with Crippen LogP contribution in [0.25, 0.3) is 0 Å². The first kappa shape index (κ1) is 14.3. The van der Waals surface area contributed by atoms with Gasteiger partial charge in [0.2, 0.25) is 0 Å². The minimum absolute atomic E-state index is 0.223. The van der Waals surface area contributed by atoms with Gasteiger partial charge in [-0.05, 0) is 23.6 Å². The highest BCUT2D eigenvalue weighted by atomic mass is 35.5. The van der Waals surface area contributed by atoms with E-state index in [0.717, 1.165) is 5.56 Å². The summed E-state index contributed by atoms with van der Waals surface area (Å²) < 4.78 is 28.7. The summed E-state index contributed by atoms with van der Waals surface area (Å²) in [5.41, 5.74) is 2.23. The molecule has 5 nitrogen and oxygen atoms in total. The standard InChI is InChI=1S/C14H14ClN3O2S/c15-13-5-7-16-14(9-13)17-21(19,20)18-8-6-11-3-1-2-4-12(11)10-18/h1-5,7,9H,6,8,10H2,(H,16,17). The van der Waals surface area contributed by atoms with E-state index >= 15 is 0 Å². The number of rotatable bonds is 3. The number of nitrogens with zero attached hydrogens (tertiary/aromatic N) is 2. The number of hydrogen-bond acceptors (Lipinski definition) is 3. The monoisotopic (exact) mass is 323 g/mol. The smallest absolute Gasteiger partial charge is 0.254 e. The van der Waals surface area contributed by atoms with Gasteiger partial charge in [-0.3, -0.25) is 4.72 Å². The number of fused-ring (bicyclic) bond motifs is 1. The summed E-state index contributed by atoms with van der Waals surface area (Å²) in [7, 11) is -3.63. The van der Waals surface area contributed by atoms with Crippen molar-refractivity contribution in [1.82, 2.24) is 9.29 Å². The summed E-state index contributed by atoms with van der Waals surface area (Å²) in [6.45, 7) is 0.818. The highest BCUT2D eigenvalue weighted by Gasteiger charge is 2.26. The zero-order valence-electron chi connectivity index (χ0n) is 11.2. The van der Waals surface area contributed by atoms with Gasteiger partial charge < -0.3 is 0 Å². The van der Waals surface area contributed by atoms with Crippen LogP contribution in [0.2, 0.25) is 5.02 Å². The summed E-state index contributed by atoms with van der Waals surface area (Å²) in [5, 5.41) is 0.437. The predicted octanol–water partition coefficient (Wildman–Crippen LogP) is 2.45. The van der Waals surface area contributed by atoms with Gasteiger partial charge in [0.15, 0.2) is 0 Å². The molecule has 1 N–H and O–H groups in total. The van der Waals surface area contributed by atoms with Crippen LogP contribution in [0, 0.1) is 0 Å². The first-order chi connectivity index (χ1) is 10.0. The molecule has 1 aliphatic heterocycles. The van der Waals surface area contributed by atoms with Crippen molar-refractivity contribution in [2.24, 2.45) is 0 Å². The van der Waals surface area contributed by atoms with Crippen molar-refractivity contribution in [1.29, 1.82) is 0 Å². The second-order valence-corrected chi connectivity index (χ2v) is 6.93. The molecular weight excluding hydrogens is 310 g/mol. The second kappa shape index (κ2) is 5.63. The van der Waals surface area contributed by atoms with E-state index < -0.39 is 10.2 Å². The van der Waals surface area contributed by atoms with Crippen molar-refractivity contribution in [3.63, 3.8) is 0 Å². The number of aromatic nitrogens is 1. The minimum atomic E-state index is -3.63. The van der Waals surface area contributed by atoms with Crippen molar-refractivity contribution in [2.45, 2.75) is 13.0 Å². The molecule has 0 bridgehead atoms. The number of benzene rings is 1. The van der Waals surface area contributed by atoms with E-state index in [1.807, 2.05) is 24.3 Å². The zero-order chi connectivity index (χ0) is 14.9. The number of nitrogens with one attached hydrogen (secondary N) is 1.